The molecule has 0 amide bonds. The molecule has 1 saturated heterocycles. The smallest absolute Gasteiger partial charge is 0.469 e. The van der Waals surface area contributed by atoms with Gasteiger partial charge in [0.1, 0.15) is 18.5 Å². The van der Waals surface area contributed by atoms with Gasteiger partial charge >= 0.3 is 19.2 Å². The number of non-ortho nitro benzene ring substituents is 1. The second-order valence-electron chi connectivity index (χ2n) is 7.91. The van der Waals surface area contributed by atoms with Crippen LogP contribution < -0.4 is 10.5 Å². The number of phosphoric ester groups is 1. The van der Waals surface area contributed by atoms with Crippen molar-refractivity contribution in [2.45, 2.75) is 24.5 Å². The van der Waals surface area contributed by atoms with E-state index in [1.165, 1.54) is 0 Å². The number of azide groups is 1. The number of nitro benzene ring substituents is 3. The predicted molar refractivity (Wildman–Crippen MR) is 127 cm³/mol. The number of aliphatic hydroxyl groups excluding tert-OH is 1. The average molecular weight is 599 g/mol. The van der Waals surface area contributed by atoms with E-state index in [-0.39, 0.29) is 17.0 Å². The highest BCUT2D eigenvalue weighted by molar-refractivity contribution is 7.46. The Balaban J connectivity index is 1.92. The number of anilines is 1. The summed E-state index contributed by atoms with van der Waals surface area (Å²) >= 11 is 0. The van der Waals surface area contributed by atoms with Crippen molar-refractivity contribution in [3.05, 3.63) is 59.2 Å². The number of fused-ring (bicyclic) bond motifs is 1. The quantitative estimate of drug-likeness (QED) is 0.0627. The molecule has 41 heavy (non-hydrogen) atoms. The van der Waals surface area contributed by atoms with E-state index in [1.807, 2.05) is 0 Å². The number of imidazole rings is 1. The Morgan fingerprint density at radius 1 is 1.17 bits per heavy atom. The zero-order chi connectivity index (χ0) is 30.2. The maximum absolute atomic E-state index is 11.7. The predicted octanol–water partition coefficient (Wildman–Crippen LogP) is 0.890. The molecule has 0 radical (unpaired) electrons. The number of phosphoric acid groups is 1. The third kappa shape index (κ3) is 5.64. The van der Waals surface area contributed by atoms with Gasteiger partial charge in [-0.05, 0) is 10.6 Å². The van der Waals surface area contributed by atoms with Crippen LogP contribution in [0.5, 0.6) is 5.75 Å². The molecule has 0 aliphatic carbocycles. The van der Waals surface area contributed by atoms with E-state index in [0.29, 0.717) is 12.1 Å². The fraction of sp³-hybridized carbons (Fsp3) is 0.312. The van der Waals surface area contributed by atoms with Crippen molar-refractivity contribution < 1.29 is 48.2 Å². The standard InChI is InChI=1S/C16H14N11O13P/c17-13-9-14(20-4-19-13)24(16(21-9)22-23-18)15-12(10(28)8(39-15)3-38-41(35,36)37)40-11-6(26(31)32)1-5(25(29)30)2-7(11)27(33)34/h1-2,4,8,10,12,15,28H,3H2,(H2,17,19,20)(H2,35,36,37)/t8-,10-,12-,15-/m1/s1. The normalized spacial score (nSPS) is 20.5. The summed E-state index contributed by atoms with van der Waals surface area (Å²) in [6.07, 6.45) is -6.51. The van der Waals surface area contributed by atoms with Crippen LogP contribution in [0.25, 0.3) is 21.6 Å². The highest BCUT2D eigenvalue weighted by Gasteiger charge is 2.50. The summed E-state index contributed by atoms with van der Waals surface area (Å²) in [5, 5.41) is 49.1. The van der Waals surface area contributed by atoms with E-state index in [1.54, 1.807) is 0 Å². The van der Waals surface area contributed by atoms with Crippen molar-refractivity contribution in [3.8, 4) is 5.75 Å². The summed E-state index contributed by atoms with van der Waals surface area (Å²) in [4.78, 5) is 63.6. The maximum Gasteiger partial charge on any atom is 0.469 e. The lowest BCUT2D eigenvalue weighted by Crippen LogP contribution is -2.38. The molecule has 5 N–H and O–H groups in total. The maximum atomic E-state index is 11.7. The van der Waals surface area contributed by atoms with E-state index in [2.05, 4.69) is 29.5 Å². The Bertz CT molecular complexity index is 1630. The lowest BCUT2D eigenvalue weighted by Gasteiger charge is -2.23. The van der Waals surface area contributed by atoms with Crippen LogP contribution in [-0.4, -0.2) is 74.1 Å². The number of rotatable bonds is 10. The minimum atomic E-state index is -5.13. The van der Waals surface area contributed by atoms with Crippen molar-refractivity contribution in [2.75, 3.05) is 12.3 Å². The summed E-state index contributed by atoms with van der Waals surface area (Å²) in [6.45, 7) is -1.01. The first-order valence-electron chi connectivity index (χ1n) is 10.6. The molecule has 1 fully saturated rings. The molecule has 2 aromatic heterocycles. The number of aromatic nitrogens is 4. The molecular weight excluding hydrogens is 585 g/mol. The first-order valence-corrected chi connectivity index (χ1v) is 12.1. The van der Waals surface area contributed by atoms with Crippen LogP contribution in [0.3, 0.4) is 0 Å². The number of hydrogen-bond donors (Lipinski definition) is 4. The largest absolute Gasteiger partial charge is 0.471 e. The van der Waals surface area contributed by atoms with Gasteiger partial charge in [-0.15, -0.1) is 0 Å². The number of nitrogen functional groups attached to an aromatic ring is 1. The average Bonchev–Trinajstić information content (AvgIpc) is 3.39. The SMILES string of the molecule is [N-]=[N+]=Nc1nc2c(N)ncnc2n1[C@@H]1O[C@H](COP(=O)(O)O)[C@@H](O)[C@H]1Oc1c([N+](=O)[O-])cc([N+](=O)[O-])cc1[N+](=O)[O-]. The van der Waals surface area contributed by atoms with Crippen LogP contribution in [-0.2, 0) is 13.8 Å². The molecule has 1 aliphatic heterocycles. The van der Waals surface area contributed by atoms with Crippen molar-refractivity contribution in [3.63, 3.8) is 0 Å². The zero-order valence-corrected chi connectivity index (χ0v) is 20.6. The summed E-state index contributed by atoms with van der Waals surface area (Å²) < 4.78 is 27.7. The molecule has 0 unspecified atom stereocenters. The molecule has 1 aromatic carbocycles. The Kier molecular flexibility index (Phi) is 7.63. The number of benzene rings is 1. The van der Waals surface area contributed by atoms with Gasteiger partial charge in [-0.25, -0.2) is 19.5 Å². The lowest BCUT2D eigenvalue weighted by molar-refractivity contribution is -0.404. The molecular formula is C16H14N11O13P. The van der Waals surface area contributed by atoms with Crippen LogP contribution in [0.2, 0.25) is 0 Å². The Hall–Kier alpha value is -5.09. The summed E-state index contributed by atoms with van der Waals surface area (Å²) in [7, 11) is -5.13. The van der Waals surface area contributed by atoms with Crippen LogP contribution in [0.1, 0.15) is 6.23 Å². The van der Waals surface area contributed by atoms with Gasteiger partial charge in [0.05, 0.1) is 33.5 Å². The molecule has 0 spiro atoms. The fourth-order valence-corrected chi connectivity index (χ4v) is 4.18. The van der Waals surface area contributed by atoms with Gasteiger partial charge in [-0.2, -0.15) is 0 Å². The summed E-state index contributed by atoms with van der Waals surface area (Å²) in [5.41, 5.74) is 10.9. The highest BCUT2D eigenvalue weighted by Crippen LogP contribution is 2.46. The number of aliphatic hydroxyl groups is 1. The van der Waals surface area contributed by atoms with Crippen molar-refractivity contribution >= 4 is 47.8 Å². The molecule has 0 saturated carbocycles. The van der Waals surface area contributed by atoms with Crippen LogP contribution in [0.4, 0.5) is 28.8 Å². The first kappa shape index (κ1) is 28.9. The molecule has 25 heteroatoms. The molecule has 1 aliphatic rings. The number of nitrogens with zero attached hydrogens (tertiary/aromatic N) is 10. The van der Waals surface area contributed by atoms with Crippen molar-refractivity contribution in [1.29, 1.82) is 0 Å². The molecule has 0 bridgehead atoms. The topological polar surface area (TPSA) is 353 Å². The third-order valence-electron chi connectivity index (χ3n) is 5.49. The Morgan fingerprint density at radius 3 is 2.34 bits per heavy atom. The van der Waals surface area contributed by atoms with Crippen molar-refractivity contribution in [2.24, 2.45) is 5.11 Å². The van der Waals surface area contributed by atoms with E-state index < -0.39 is 82.5 Å². The second kappa shape index (κ2) is 10.8. The number of nitro groups is 3. The molecule has 3 aromatic rings. The number of ether oxygens (including phenoxy) is 2. The van der Waals surface area contributed by atoms with E-state index in [0.717, 1.165) is 10.9 Å². The van der Waals surface area contributed by atoms with Crippen LogP contribution in [0, 0.1) is 30.3 Å². The highest BCUT2D eigenvalue weighted by atomic mass is 31.2. The molecule has 4 rings (SSSR count). The van der Waals surface area contributed by atoms with Gasteiger partial charge in [-0.3, -0.25) is 39.4 Å². The molecule has 3 heterocycles. The number of hydrogen-bond acceptors (Lipinski definition) is 16. The second-order valence-corrected chi connectivity index (χ2v) is 9.15. The van der Waals surface area contributed by atoms with Gasteiger partial charge in [0.15, 0.2) is 29.3 Å². The molecule has 216 valence electrons. The number of nitrogens with two attached hydrogens (primary N) is 1. The molecule has 24 nitrogen and oxygen atoms in total. The minimum Gasteiger partial charge on any atom is -0.471 e. The van der Waals surface area contributed by atoms with Crippen molar-refractivity contribution in [1.82, 2.24) is 19.5 Å². The lowest BCUT2D eigenvalue weighted by atomic mass is 10.1. The monoisotopic (exact) mass is 599 g/mol. The van der Waals surface area contributed by atoms with E-state index >= 15 is 0 Å². The zero-order valence-electron chi connectivity index (χ0n) is 19.7. The molecule has 4 atom stereocenters. The Morgan fingerprint density at radius 2 is 1.80 bits per heavy atom. The van der Waals surface area contributed by atoms with Gasteiger partial charge in [-0.1, -0.05) is 0 Å². The van der Waals surface area contributed by atoms with Gasteiger partial charge in [0.25, 0.3) is 11.4 Å². The van der Waals surface area contributed by atoms with Crippen LogP contribution in [0.15, 0.2) is 23.6 Å². The van der Waals surface area contributed by atoms with Crippen LogP contribution >= 0.6 is 7.82 Å². The summed E-state index contributed by atoms with van der Waals surface area (Å²) in [6, 6.07) is 0.750. The van der Waals surface area contributed by atoms with Gasteiger partial charge < -0.3 is 30.1 Å². The van der Waals surface area contributed by atoms with Gasteiger partial charge in [0, 0.05) is 4.91 Å². The van der Waals surface area contributed by atoms with Gasteiger partial charge in [0.2, 0.25) is 5.95 Å². The first-order chi connectivity index (χ1) is 19.2. The Labute approximate surface area is 223 Å². The van der Waals surface area contributed by atoms with E-state index in [4.69, 9.17) is 30.5 Å². The van der Waals surface area contributed by atoms with E-state index in [9.17, 15) is 40.0 Å². The minimum absolute atomic E-state index is 0.158. The third-order valence-corrected chi connectivity index (χ3v) is 5.97. The summed E-state index contributed by atoms with van der Waals surface area (Å²) in [5.74, 6) is -1.91. The fourth-order valence-electron chi connectivity index (χ4n) is 3.84.